The maximum atomic E-state index is 7.17. The summed E-state index contributed by atoms with van der Waals surface area (Å²) in [4.78, 5) is 30.8. The van der Waals surface area contributed by atoms with Crippen LogP contribution in [0.3, 0.4) is 0 Å². The van der Waals surface area contributed by atoms with Crippen molar-refractivity contribution in [3.05, 3.63) is 297 Å². The Morgan fingerprint density at radius 2 is 0.606 bits per heavy atom. The first-order valence-electron chi connectivity index (χ1n) is 31.3. The van der Waals surface area contributed by atoms with E-state index in [2.05, 4.69) is 174 Å². The van der Waals surface area contributed by atoms with Crippen LogP contribution in [0.5, 0.6) is 0 Å². The van der Waals surface area contributed by atoms with Gasteiger partial charge in [-0.05, 0) is 82.4 Å². The van der Waals surface area contributed by atoms with E-state index in [9.17, 15) is 0 Å². The third kappa shape index (κ3) is 8.65. The Labute approximate surface area is 537 Å². The maximum absolute atomic E-state index is 7.17. The first kappa shape index (κ1) is 53.0. The molecule has 94 heavy (non-hydrogen) atoms. The predicted molar refractivity (Wildman–Crippen MR) is 378 cm³/mol. The molecule has 6 heterocycles. The van der Waals surface area contributed by atoms with Crippen LogP contribution in [0.1, 0.15) is 0 Å². The summed E-state index contributed by atoms with van der Waals surface area (Å²) in [5, 5.41) is 8.37. The van der Waals surface area contributed by atoms with Gasteiger partial charge in [-0.15, -0.1) is 0 Å². The molecule has 0 aliphatic rings. The molecule has 0 radical (unpaired) electrons. The summed E-state index contributed by atoms with van der Waals surface area (Å²) in [6.07, 6.45) is 0. The number of para-hydroxylation sites is 6. The summed E-state index contributed by atoms with van der Waals surface area (Å²) in [5.74, 6) is 3.35. The molecular weight excluding hydrogens is 1150 g/mol. The van der Waals surface area contributed by atoms with Gasteiger partial charge in [-0.1, -0.05) is 243 Å². The van der Waals surface area contributed by atoms with Crippen molar-refractivity contribution in [2.24, 2.45) is 0 Å². The quantitative estimate of drug-likeness (QED) is 0.132. The van der Waals surface area contributed by atoms with Crippen molar-refractivity contribution in [3.8, 4) is 107 Å². The van der Waals surface area contributed by atoms with E-state index < -0.39 is 0 Å². The molecule has 0 N–H and O–H groups in total. The number of furan rings is 3. The second-order valence-electron chi connectivity index (χ2n) is 23.6. The molecule has 6 aromatic heterocycles. The maximum Gasteiger partial charge on any atom is 0.167 e. The predicted octanol–water partition coefficient (Wildman–Crippen LogP) is 21.9. The van der Waals surface area contributed by atoms with Crippen LogP contribution in [0.15, 0.2) is 311 Å². The summed E-state index contributed by atoms with van der Waals surface area (Å²) < 4.78 is 22.7. The average molecular weight is 1200 g/mol. The summed E-state index contributed by atoms with van der Waals surface area (Å²) in [6, 6.07) is 102. The normalized spacial score (nSPS) is 11.8. The van der Waals surface area contributed by atoms with Crippen LogP contribution < -0.4 is 0 Å². The van der Waals surface area contributed by atoms with Crippen molar-refractivity contribution in [2.45, 2.75) is 0 Å². The molecule has 10 nitrogen and oxygen atoms in total. The first-order chi connectivity index (χ1) is 46.6. The van der Waals surface area contributed by atoms with Gasteiger partial charge in [0.05, 0.1) is 27.8 Å². The molecule has 0 atom stereocenters. The lowest BCUT2D eigenvalue weighted by molar-refractivity contribution is 0.667. The standard InChI is InChI=1S/C84H49N7O3/c1-4-20-51(21-5-1)79-85-80(52-22-6-2-7-23-52)88-84(87-79)67-37-17-34-63-64-35-19-40-71(78(64)94-77(63)67)91-69-38-12-10-29-65(69)74-58(30-18-39-70(74)91)56-27-14-26-55(48-56)50-42-44-54(45-43-50)82-86-81(53-24-8-3-9-25-53)89-83(90-82)66-36-16-33-62-61-32-15-31-59(75(61)93-76(62)66)57-46-47-73-68(49-57)60-28-11-13-41-72(60)92-73/h1-49H. The number of fused-ring (bicyclic) bond motifs is 12. The highest BCUT2D eigenvalue weighted by Crippen LogP contribution is 2.45. The van der Waals surface area contributed by atoms with E-state index in [0.29, 0.717) is 46.1 Å². The van der Waals surface area contributed by atoms with Gasteiger partial charge in [0.1, 0.15) is 27.9 Å². The molecule has 0 saturated heterocycles. The van der Waals surface area contributed by atoms with Crippen molar-refractivity contribution < 1.29 is 13.3 Å². The van der Waals surface area contributed by atoms with E-state index in [1.54, 1.807) is 0 Å². The molecule has 0 saturated carbocycles. The minimum absolute atomic E-state index is 0.517. The van der Waals surface area contributed by atoms with Crippen molar-refractivity contribution in [2.75, 3.05) is 0 Å². The number of benzene rings is 13. The van der Waals surface area contributed by atoms with E-state index in [1.807, 2.05) is 127 Å². The lowest BCUT2D eigenvalue weighted by Crippen LogP contribution is -2.00. The third-order valence-electron chi connectivity index (χ3n) is 18.2. The second kappa shape index (κ2) is 21.4. The number of hydrogen-bond acceptors (Lipinski definition) is 9. The van der Waals surface area contributed by atoms with Gasteiger partial charge in [0, 0.05) is 70.9 Å². The van der Waals surface area contributed by atoms with Crippen LogP contribution in [-0.2, 0) is 0 Å². The third-order valence-corrected chi connectivity index (χ3v) is 18.2. The highest BCUT2D eigenvalue weighted by atomic mass is 16.3. The Morgan fingerprint density at radius 1 is 0.213 bits per heavy atom. The van der Waals surface area contributed by atoms with Gasteiger partial charge in [0.15, 0.2) is 40.5 Å². The molecule has 0 aliphatic carbocycles. The van der Waals surface area contributed by atoms with Crippen LogP contribution >= 0.6 is 0 Å². The van der Waals surface area contributed by atoms with Gasteiger partial charge in [0.25, 0.3) is 0 Å². The molecule has 0 aliphatic heterocycles. The Morgan fingerprint density at radius 3 is 1.23 bits per heavy atom. The Balaban J connectivity index is 0.685. The second-order valence-corrected chi connectivity index (χ2v) is 23.6. The molecule has 19 aromatic rings. The van der Waals surface area contributed by atoms with E-state index in [4.69, 9.17) is 43.2 Å². The van der Waals surface area contributed by atoms with Crippen LogP contribution in [0.2, 0.25) is 0 Å². The molecule has 10 heteroatoms. The zero-order valence-electron chi connectivity index (χ0n) is 50.1. The van der Waals surface area contributed by atoms with Gasteiger partial charge in [0.2, 0.25) is 0 Å². The number of aromatic nitrogens is 7. The first-order valence-corrected chi connectivity index (χ1v) is 31.3. The van der Waals surface area contributed by atoms with E-state index >= 15 is 0 Å². The number of nitrogens with zero attached hydrogens (tertiary/aromatic N) is 7. The topological polar surface area (TPSA) is 122 Å². The Kier molecular flexibility index (Phi) is 12.0. The van der Waals surface area contributed by atoms with Gasteiger partial charge in [-0.2, -0.15) is 0 Å². The van der Waals surface area contributed by atoms with Crippen molar-refractivity contribution in [3.63, 3.8) is 0 Å². The summed E-state index contributed by atoms with van der Waals surface area (Å²) in [6.45, 7) is 0. The smallest absolute Gasteiger partial charge is 0.167 e. The fourth-order valence-electron chi connectivity index (χ4n) is 13.7. The van der Waals surface area contributed by atoms with E-state index in [-0.39, 0.29) is 0 Å². The fourth-order valence-corrected chi connectivity index (χ4v) is 13.7. The van der Waals surface area contributed by atoms with Crippen LogP contribution in [0.4, 0.5) is 0 Å². The molecule has 19 rings (SSSR count). The summed E-state index contributed by atoms with van der Waals surface area (Å²) >= 11 is 0. The average Bonchev–Trinajstić information content (AvgIpc) is 1.58. The van der Waals surface area contributed by atoms with Gasteiger partial charge >= 0.3 is 0 Å². The molecular formula is C84H49N7O3. The molecule has 0 unspecified atom stereocenters. The Hall–Kier alpha value is -12.9. The number of hydrogen-bond donors (Lipinski definition) is 0. The van der Waals surface area contributed by atoms with E-state index in [1.165, 1.54) is 0 Å². The molecule has 13 aromatic carbocycles. The minimum Gasteiger partial charge on any atom is -0.456 e. The largest absolute Gasteiger partial charge is 0.456 e. The van der Waals surface area contributed by atoms with Crippen LogP contribution in [-0.4, -0.2) is 34.5 Å². The monoisotopic (exact) mass is 1200 g/mol. The lowest BCUT2D eigenvalue weighted by atomic mass is 9.95. The van der Waals surface area contributed by atoms with Gasteiger partial charge < -0.3 is 17.8 Å². The molecule has 0 amide bonds. The molecule has 0 spiro atoms. The Bertz CT molecular complexity index is 6170. The van der Waals surface area contributed by atoms with Crippen LogP contribution in [0.25, 0.3) is 195 Å². The van der Waals surface area contributed by atoms with Crippen molar-refractivity contribution in [1.29, 1.82) is 0 Å². The zero-order valence-corrected chi connectivity index (χ0v) is 50.1. The van der Waals surface area contributed by atoms with Crippen molar-refractivity contribution in [1.82, 2.24) is 34.5 Å². The van der Waals surface area contributed by atoms with Gasteiger partial charge in [-0.25, -0.2) is 29.9 Å². The molecule has 0 fully saturated rings. The van der Waals surface area contributed by atoms with E-state index in [0.717, 1.165) is 149 Å². The molecule has 438 valence electrons. The minimum atomic E-state index is 0.517. The molecule has 0 bridgehead atoms. The number of rotatable bonds is 10. The fraction of sp³-hybridized carbons (Fsp3) is 0. The highest BCUT2D eigenvalue weighted by molar-refractivity contribution is 6.18. The van der Waals surface area contributed by atoms with Crippen molar-refractivity contribution >= 4 is 87.6 Å². The highest BCUT2D eigenvalue weighted by Gasteiger charge is 2.25. The SMILES string of the molecule is c1ccc(-c2nc(-c3ccc(-c4cccc(-c5cccc6c5c5ccccc5n6-c5cccc6c5oc5c(-c7nc(-c8ccccc8)nc(-c8ccccc8)n7)cccc56)c4)cc3)nc(-c3cccc4c3oc3c(-c5ccc6oc7ccccc7c6c5)cccc34)n2)cc1. The lowest BCUT2D eigenvalue weighted by Gasteiger charge is -2.11. The summed E-state index contributed by atoms with van der Waals surface area (Å²) in [5.41, 5.74) is 19.2. The van der Waals surface area contributed by atoms with Gasteiger partial charge in [-0.3, -0.25) is 0 Å². The van der Waals surface area contributed by atoms with Crippen LogP contribution in [0, 0.1) is 0 Å². The summed E-state index contributed by atoms with van der Waals surface area (Å²) in [7, 11) is 0. The zero-order chi connectivity index (χ0) is 61.8.